The number of hydrogen-bond donors (Lipinski definition) is 2. The Labute approximate surface area is 90.3 Å². The monoisotopic (exact) mass is 213 g/mol. The van der Waals surface area contributed by atoms with Crippen LogP contribution in [-0.2, 0) is 4.74 Å². The predicted molar refractivity (Wildman–Crippen MR) is 57.2 cm³/mol. The number of amides is 1. The molecule has 4 heteroatoms. The second-order valence-electron chi connectivity index (χ2n) is 4.93. The Hall–Kier alpha value is -1.03. The predicted octanol–water partition coefficient (Wildman–Crippen LogP) is 1.80. The van der Waals surface area contributed by atoms with Gasteiger partial charge in [0, 0.05) is 5.70 Å². The second kappa shape index (κ2) is 4.23. The highest BCUT2D eigenvalue weighted by Crippen LogP contribution is 2.34. The number of carbonyl (C=O) groups excluding carboxylic acids is 1. The van der Waals surface area contributed by atoms with Crippen LogP contribution in [0.25, 0.3) is 0 Å². The van der Waals surface area contributed by atoms with Crippen LogP contribution in [-0.4, -0.2) is 22.9 Å². The zero-order chi connectivity index (χ0) is 11.6. The van der Waals surface area contributed by atoms with Gasteiger partial charge < -0.3 is 9.84 Å². The molecule has 1 amide bonds. The summed E-state index contributed by atoms with van der Waals surface area (Å²) in [5, 5.41) is 12.1. The van der Waals surface area contributed by atoms with E-state index >= 15 is 0 Å². The molecule has 0 bridgehead atoms. The first-order valence-corrected chi connectivity index (χ1v) is 5.16. The summed E-state index contributed by atoms with van der Waals surface area (Å²) in [6.45, 7) is 8.98. The van der Waals surface area contributed by atoms with Gasteiger partial charge in [0.05, 0.1) is 6.10 Å². The summed E-state index contributed by atoms with van der Waals surface area (Å²) >= 11 is 0. The minimum absolute atomic E-state index is 0.257. The molecule has 1 aliphatic rings. The van der Waals surface area contributed by atoms with Crippen molar-refractivity contribution in [3.63, 3.8) is 0 Å². The standard InChI is InChI=1S/C11H19NO3/c1-7(9(13)8-5-6-8)12-10(14)15-11(2,3)4/h8-9,13H,1,5-6H2,2-4H3,(H,12,14). The molecule has 0 spiro atoms. The minimum atomic E-state index is -0.641. The smallest absolute Gasteiger partial charge is 0.411 e. The summed E-state index contributed by atoms with van der Waals surface area (Å²) < 4.78 is 5.04. The maximum atomic E-state index is 11.3. The number of ether oxygens (including phenoxy) is 1. The van der Waals surface area contributed by atoms with E-state index in [-0.39, 0.29) is 5.92 Å². The van der Waals surface area contributed by atoms with E-state index in [1.54, 1.807) is 20.8 Å². The highest BCUT2D eigenvalue weighted by atomic mass is 16.6. The Morgan fingerprint density at radius 2 is 2.07 bits per heavy atom. The van der Waals surface area contributed by atoms with Gasteiger partial charge in [-0.25, -0.2) is 4.79 Å². The lowest BCUT2D eigenvalue weighted by Crippen LogP contribution is -2.35. The molecule has 1 unspecified atom stereocenters. The molecule has 1 atom stereocenters. The Morgan fingerprint density at radius 3 is 2.47 bits per heavy atom. The molecule has 0 aromatic heterocycles. The molecule has 1 rings (SSSR count). The molecule has 0 aromatic carbocycles. The lowest BCUT2D eigenvalue weighted by Gasteiger charge is -2.21. The molecule has 0 heterocycles. The normalized spacial score (nSPS) is 18.1. The van der Waals surface area contributed by atoms with E-state index in [9.17, 15) is 9.90 Å². The van der Waals surface area contributed by atoms with Crippen molar-refractivity contribution in [1.82, 2.24) is 5.32 Å². The van der Waals surface area contributed by atoms with E-state index in [0.717, 1.165) is 12.8 Å². The van der Waals surface area contributed by atoms with Crippen molar-refractivity contribution < 1.29 is 14.6 Å². The Kier molecular flexibility index (Phi) is 3.39. The summed E-state index contributed by atoms with van der Waals surface area (Å²) in [5.74, 6) is 0.257. The van der Waals surface area contributed by atoms with Crippen molar-refractivity contribution in [3.8, 4) is 0 Å². The van der Waals surface area contributed by atoms with E-state index in [4.69, 9.17) is 4.74 Å². The second-order valence-corrected chi connectivity index (χ2v) is 4.93. The summed E-state index contributed by atoms with van der Waals surface area (Å²) in [6, 6.07) is 0. The highest BCUT2D eigenvalue weighted by Gasteiger charge is 2.32. The van der Waals surface area contributed by atoms with Crippen LogP contribution in [0.5, 0.6) is 0 Å². The molecule has 0 saturated heterocycles. The fourth-order valence-electron chi connectivity index (χ4n) is 1.21. The van der Waals surface area contributed by atoms with E-state index in [0.29, 0.717) is 5.70 Å². The van der Waals surface area contributed by atoms with Crippen LogP contribution in [0.15, 0.2) is 12.3 Å². The molecule has 1 fully saturated rings. The van der Waals surface area contributed by atoms with Gasteiger partial charge in [0.25, 0.3) is 0 Å². The summed E-state index contributed by atoms with van der Waals surface area (Å²) in [6.07, 6.45) is 0.788. The van der Waals surface area contributed by atoms with Crippen molar-refractivity contribution in [3.05, 3.63) is 12.3 Å². The van der Waals surface area contributed by atoms with Crippen LogP contribution in [0.2, 0.25) is 0 Å². The first-order valence-electron chi connectivity index (χ1n) is 5.16. The van der Waals surface area contributed by atoms with Crippen molar-refractivity contribution in [2.45, 2.75) is 45.3 Å². The van der Waals surface area contributed by atoms with Crippen LogP contribution >= 0.6 is 0 Å². The highest BCUT2D eigenvalue weighted by molar-refractivity contribution is 5.70. The first kappa shape index (κ1) is 12.0. The van der Waals surface area contributed by atoms with Crippen molar-refractivity contribution in [2.24, 2.45) is 5.92 Å². The molecule has 4 nitrogen and oxygen atoms in total. The Morgan fingerprint density at radius 1 is 1.53 bits per heavy atom. The maximum Gasteiger partial charge on any atom is 0.411 e. The minimum Gasteiger partial charge on any atom is -0.444 e. The fourth-order valence-corrected chi connectivity index (χ4v) is 1.21. The molecule has 1 saturated carbocycles. The van der Waals surface area contributed by atoms with Crippen molar-refractivity contribution in [2.75, 3.05) is 0 Å². The molecule has 0 aliphatic heterocycles. The molecule has 2 N–H and O–H groups in total. The summed E-state index contributed by atoms with van der Waals surface area (Å²) in [4.78, 5) is 11.3. The molecule has 86 valence electrons. The van der Waals surface area contributed by atoms with E-state index in [2.05, 4.69) is 11.9 Å². The van der Waals surface area contributed by atoms with Gasteiger partial charge >= 0.3 is 6.09 Å². The third-order valence-electron chi connectivity index (χ3n) is 2.09. The molecule has 0 aromatic rings. The third kappa shape index (κ3) is 4.34. The first-order chi connectivity index (χ1) is 6.79. The zero-order valence-electron chi connectivity index (χ0n) is 9.54. The van der Waals surface area contributed by atoms with Gasteiger partial charge in [-0.05, 0) is 39.5 Å². The lowest BCUT2D eigenvalue weighted by atomic mass is 10.2. The van der Waals surface area contributed by atoms with Crippen LogP contribution < -0.4 is 5.32 Å². The lowest BCUT2D eigenvalue weighted by molar-refractivity contribution is 0.0523. The number of carbonyl (C=O) groups is 1. The van der Waals surface area contributed by atoms with Crippen LogP contribution in [0.4, 0.5) is 4.79 Å². The third-order valence-corrected chi connectivity index (χ3v) is 2.09. The average Bonchev–Trinajstić information content (AvgIpc) is 2.80. The van der Waals surface area contributed by atoms with Crippen molar-refractivity contribution in [1.29, 1.82) is 0 Å². The van der Waals surface area contributed by atoms with Crippen molar-refractivity contribution >= 4 is 6.09 Å². The Bertz CT molecular complexity index is 263. The molecule has 15 heavy (non-hydrogen) atoms. The number of rotatable bonds is 3. The molecular formula is C11H19NO3. The molecule has 1 aliphatic carbocycles. The quantitative estimate of drug-likeness (QED) is 0.751. The van der Waals surface area contributed by atoms with Crippen LogP contribution in [0.3, 0.4) is 0 Å². The number of aliphatic hydroxyl groups is 1. The van der Waals surface area contributed by atoms with Crippen LogP contribution in [0, 0.1) is 5.92 Å². The maximum absolute atomic E-state index is 11.3. The summed E-state index contributed by atoms with van der Waals surface area (Å²) in [7, 11) is 0. The van der Waals surface area contributed by atoms with Crippen LogP contribution in [0.1, 0.15) is 33.6 Å². The number of alkyl carbamates (subject to hydrolysis) is 1. The van der Waals surface area contributed by atoms with E-state index < -0.39 is 17.8 Å². The van der Waals surface area contributed by atoms with Gasteiger partial charge in [0.1, 0.15) is 5.60 Å². The largest absolute Gasteiger partial charge is 0.444 e. The van der Waals surface area contributed by atoms with Gasteiger partial charge in [-0.15, -0.1) is 0 Å². The number of nitrogens with one attached hydrogen (secondary N) is 1. The van der Waals surface area contributed by atoms with Gasteiger partial charge in [-0.2, -0.15) is 0 Å². The number of aliphatic hydroxyl groups excluding tert-OH is 1. The topological polar surface area (TPSA) is 58.6 Å². The average molecular weight is 213 g/mol. The number of hydrogen-bond acceptors (Lipinski definition) is 3. The Balaban J connectivity index is 2.34. The van der Waals surface area contributed by atoms with E-state index in [1.165, 1.54) is 0 Å². The van der Waals surface area contributed by atoms with Gasteiger partial charge in [0.15, 0.2) is 0 Å². The molecular weight excluding hydrogens is 194 g/mol. The SMILES string of the molecule is C=C(NC(=O)OC(C)(C)C)C(O)C1CC1. The van der Waals surface area contributed by atoms with E-state index in [1.807, 2.05) is 0 Å². The zero-order valence-corrected chi connectivity index (χ0v) is 9.54. The van der Waals surface area contributed by atoms with Gasteiger partial charge in [-0.3, -0.25) is 5.32 Å². The summed E-state index contributed by atoms with van der Waals surface area (Å²) in [5.41, 5.74) is -0.207. The van der Waals surface area contributed by atoms with Gasteiger partial charge in [0.2, 0.25) is 0 Å². The fraction of sp³-hybridized carbons (Fsp3) is 0.727. The van der Waals surface area contributed by atoms with Gasteiger partial charge in [-0.1, -0.05) is 6.58 Å². The molecule has 0 radical (unpaired) electrons.